The summed E-state index contributed by atoms with van der Waals surface area (Å²) in [4.78, 5) is 0. The Bertz CT molecular complexity index is 588. The molecule has 1 fully saturated rings. The lowest BCUT2D eigenvalue weighted by Gasteiger charge is -2.09. The third-order valence-electron chi connectivity index (χ3n) is 3.16. The highest BCUT2D eigenvalue weighted by atomic mass is 35.5. The van der Waals surface area contributed by atoms with Crippen molar-refractivity contribution in [2.45, 2.75) is 31.7 Å². The molecular formula is C13H13Cl2N3. The highest BCUT2D eigenvalue weighted by molar-refractivity contribution is 6.33. The van der Waals surface area contributed by atoms with Crippen LogP contribution in [-0.2, 0) is 5.88 Å². The monoisotopic (exact) mass is 281 g/mol. The predicted octanol–water partition coefficient (Wildman–Crippen LogP) is 3.98. The molecule has 1 saturated carbocycles. The molecule has 3 rings (SSSR count). The lowest BCUT2D eigenvalue weighted by atomic mass is 10.1. The van der Waals surface area contributed by atoms with Gasteiger partial charge in [-0.1, -0.05) is 17.7 Å². The number of hydrogen-bond donors (Lipinski definition) is 0. The van der Waals surface area contributed by atoms with Crippen molar-refractivity contribution in [3.63, 3.8) is 0 Å². The molecule has 1 aliphatic rings. The van der Waals surface area contributed by atoms with Gasteiger partial charge in [-0.25, -0.2) is 0 Å². The van der Waals surface area contributed by atoms with Gasteiger partial charge < -0.3 is 4.57 Å². The van der Waals surface area contributed by atoms with Crippen LogP contribution in [0.25, 0.3) is 11.4 Å². The first kappa shape index (κ1) is 12.0. The maximum Gasteiger partial charge on any atom is 0.165 e. The lowest BCUT2D eigenvalue weighted by molar-refractivity contribution is 0.712. The second kappa shape index (κ2) is 4.56. The quantitative estimate of drug-likeness (QED) is 0.797. The maximum absolute atomic E-state index is 6.30. The average molecular weight is 282 g/mol. The van der Waals surface area contributed by atoms with Crippen LogP contribution >= 0.6 is 23.2 Å². The van der Waals surface area contributed by atoms with E-state index in [4.69, 9.17) is 23.2 Å². The Kier molecular flexibility index (Phi) is 3.04. The summed E-state index contributed by atoms with van der Waals surface area (Å²) in [6.07, 6.45) is 2.33. The Morgan fingerprint density at radius 1 is 1.33 bits per heavy atom. The first-order valence-electron chi connectivity index (χ1n) is 5.97. The standard InChI is InChI=1S/C13H13Cl2N3/c1-8-2-5-10(11(15)6-8)13-17-16-12(7-14)18(13)9-3-4-9/h2,5-6,9H,3-4,7H2,1H3. The summed E-state index contributed by atoms with van der Waals surface area (Å²) in [5.74, 6) is 2.04. The molecule has 0 bridgehead atoms. The first-order chi connectivity index (χ1) is 8.70. The topological polar surface area (TPSA) is 30.7 Å². The Labute approximate surface area is 116 Å². The summed E-state index contributed by atoms with van der Waals surface area (Å²) in [5, 5.41) is 9.12. The largest absolute Gasteiger partial charge is 0.307 e. The lowest BCUT2D eigenvalue weighted by Crippen LogP contribution is -2.02. The van der Waals surface area contributed by atoms with Crippen LogP contribution in [0.5, 0.6) is 0 Å². The van der Waals surface area contributed by atoms with Crippen LogP contribution in [0, 0.1) is 6.92 Å². The van der Waals surface area contributed by atoms with Crippen molar-refractivity contribution < 1.29 is 0 Å². The van der Waals surface area contributed by atoms with Crippen LogP contribution in [0.2, 0.25) is 5.02 Å². The van der Waals surface area contributed by atoms with E-state index in [0.29, 0.717) is 16.9 Å². The normalized spacial score (nSPS) is 15.1. The third-order valence-corrected chi connectivity index (χ3v) is 3.72. The van der Waals surface area contributed by atoms with Gasteiger partial charge in [-0.3, -0.25) is 0 Å². The molecule has 1 aromatic heterocycles. The molecule has 0 spiro atoms. The second-order valence-electron chi connectivity index (χ2n) is 4.66. The number of alkyl halides is 1. The van der Waals surface area contributed by atoms with E-state index in [1.807, 2.05) is 25.1 Å². The van der Waals surface area contributed by atoms with E-state index in [0.717, 1.165) is 22.8 Å². The fourth-order valence-electron chi connectivity index (χ4n) is 2.12. The highest BCUT2D eigenvalue weighted by Crippen LogP contribution is 2.40. The molecule has 5 heteroatoms. The number of aromatic nitrogens is 3. The minimum absolute atomic E-state index is 0.382. The zero-order chi connectivity index (χ0) is 12.7. The molecule has 94 valence electrons. The molecule has 0 amide bonds. The van der Waals surface area contributed by atoms with E-state index >= 15 is 0 Å². The second-order valence-corrected chi connectivity index (χ2v) is 5.33. The number of nitrogens with zero attached hydrogens (tertiary/aromatic N) is 3. The SMILES string of the molecule is Cc1ccc(-c2nnc(CCl)n2C2CC2)c(Cl)c1. The molecule has 2 aromatic rings. The molecular weight excluding hydrogens is 269 g/mol. The van der Waals surface area contributed by atoms with Crippen molar-refractivity contribution in [2.24, 2.45) is 0 Å². The Morgan fingerprint density at radius 2 is 2.11 bits per heavy atom. The van der Waals surface area contributed by atoms with Gasteiger partial charge in [0.15, 0.2) is 5.82 Å². The maximum atomic E-state index is 6.30. The third kappa shape index (κ3) is 2.02. The minimum atomic E-state index is 0.382. The van der Waals surface area contributed by atoms with Gasteiger partial charge >= 0.3 is 0 Å². The average Bonchev–Trinajstić information content (AvgIpc) is 3.09. The van der Waals surface area contributed by atoms with Crippen LogP contribution in [0.3, 0.4) is 0 Å². The molecule has 18 heavy (non-hydrogen) atoms. The number of benzene rings is 1. The van der Waals surface area contributed by atoms with E-state index in [-0.39, 0.29) is 0 Å². The summed E-state index contributed by atoms with van der Waals surface area (Å²) in [6.45, 7) is 2.02. The number of aryl methyl sites for hydroxylation is 1. The van der Waals surface area contributed by atoms with Crippen LogP contribution in [0.4, 0.5) is 0 Å². The van der Waals surface area contributed by atoms with Gasteiger partial charge in [-0.15, -0.1) is 21.8 Å². The summed E-state index contributed by atoms with van der Waals surface area (Å²) in [7, 11) is 0. The van der Waals surface area contributed by atoms with Crippen LogP contribution in [0.1, 0.15) is 30.3 Å². The molecule has 0 radical (unpaired) electrons. The van der Waals surface area contributed by atoms with E-state index in [9.17, 15) is 0 Å². The smallest absolute Gasteiger partial charge is 0.165 e. The van der Waals surface area contributed by atoms with Gasteiger partial charge in [0.2, 0.25) is 0 Å². The number of halogens is 2. The molecule has 0 unspecified atom stereocenters. The summed E-state index contributed by atoms with van der Waals surface area (Å²) < 4.78 is 2.13. The van der Waals surface area contributed by atoms with Crippen LogP contribution in [0.15, 0.2) is 18.2 Å². The Balaban J connectivity index is 2.13. The van der Waals surface area contributed by atoms with Crippen molar-refractivity contribution in [2.75, 3.05) is 0 Å². The first-order valence-corrected chi connectivity index (χ1v) is 6.88. The van der Waals surface area contributed by atoms with E-state index < -0.39 is 0 Å². The summed E-state index contributed by atoms with van der Waals surface area (Å²) >= 11 is 12.2. The number of hydrogen-bond acceptors (Lipinski definition) is 2. The highest BCUT2D eigenvalue weighted by Gasteiger charge is 2.30. The predicted molar refractivity (Wildman–Crippen MR) is 73.0 cm³/mol. The van der Waals surface area contributed by atoms with Crippen LogP contribution < -0.4 is 0 Å². The molecule has 0 aliphatic heterocycles. The number of rotatable bonds is 3. The Hall–Kier alpha value is -1.06. The van der Waals surface area contributed by atoms with Crippen molar-refractivity contribution >= 4 is 23.2 Å². The zero-order valence-corrected chi connectivity index (χ0v) is 11.5. The van der Waals surface area contributed by atoms with E-state index in [1.54, 1.807) is 0 Å². The van der Waals surface area contributed by atoms with Crippen molar-refractivity contribution in [1.29, 1.82) is 0 Å². The van der Waals surface area contributed by atoms with Gasteiger partial charge in [-0.2, -0.15) is 0 Å². The zero-order valence-electron chi connectivity index (χ0n) is 10.0. The van der Waals surface area contributed by atoms with Gasteiger partial charge in [0.25, 0.3) is 0 Å². The molecule has 0 saturated heterocycles. The fraction of sp³-hybridized carbons (Fsp3) is 0.385. The Morgan fingerprint density at radius 3 is 2.72 bits per heavy atom. The van der Waals surface area contributed by atoms with Gasteiger partial charge in [0.05, 0.1) is 10.9 Å². The molecule has 0 N–H and O–H groups in total. The molecule has 0 atom stereocenters. The van der Waals surface area contributed by atoms with E-state index in [2.05, 4.69) is 14.8 Å². The van der Waals surface area contributed by atoms with Gasteiger partial charge in [0, 0.05) is 11.6 Å². The summed E-state index contributed by atoms with van der Waals surface area (Å²) in [6, 6.07) is 6.47. The molecule has 1 heterocycles. The summed E-state index contributed by atoms with van der Waals surface area (Å²) in [5.41, 5.74) is 2.07. The molecule has 3 nitrogen and oxygen atoms in total. The minimum Gasteiger partial charge on any atom is -0.307 e. The van der Waals surface area contributed by atoms with Crippen molar-refractivity contribution in [1.82, 2.24) is 14.8 Å². The molecule has 1 aromatic carbocycles. The van der Waals surface area contributed by atoms with Crippen molar-refractivity contribution in [3.05, 3.63) is 34.6 Å². The van der Waals surface area contributed by atoms with Gasteiger partial charge in [0.1, 0.15) is 5.82 Å². The van der Waals surface area contributed by atoms with Gasteiger partial charge in [-0.05, 0) is 37.5 Å². The molecule has 1 aliphatic carbocycles. The fourth-order valence-corrected chi connectivity index (χ4v) is 2.62. The van der Waals surface area contributed by atoms with Crippen molar-refractivity contribution in [3.8, 4) is 11.4 Å². The van der Waals surface area contributed by atoms with Crippen LogP contribution in [-0.4, -0.2) is 14.8 Å². The van der Waals surface area contributed by atoms with E-state index in [1.165, 1.54) is 12.8 Å².